The van der Waals surface area contributed by atoms with Crippen LogP contribution in [0, 0.1) is 0 Å². The van der Waals surface area contributed by atoms with Gasteiger partial charge in [0, 0.05) is 10.6 Å². The van der Waals surface area contributed by atoms with Crippen molar-refractivity contribution < 1.29 is 5.11 Å². The fourth-order valence-electron chi connectivity index (χ4n) is 1.72. The molecule has 0 radical (unpaired) electrons. The quantitative estimate of drug-likeness (QED) is 0.726. The van der Waals surface area contributed by atoms with Gasteiger partial charge < -0.3 is 10.8 Å². The van der Waals surface area contributed by atoms with Crippen LogP contribution >= 0.6 is 11.6 Å². The van der Waals surface area contributed by atoms with E-state index in [1.807, 2.05) is 0 Å². The Labute approximate surface area is 82.3 Å². The highest BCUT2D eigenvalue weighted by Crippen LogP contribution is 2.42. The van der Waals surface area contributed by atoms with Crippen molar-refractivity contribution in [3.05, 3.63) is 28.8 Å². The Balaban J connectivity index is 2.43. The number of phenols is 1. The second kappa shape index (κ2) is 2.89. The summed E-state index contributed by atoms with van der Waals surface area (Å²) in [5, 5.41) is 9.96. The third kappa shape index (κ3) is 1.40. The Morgan fingerprint density at radius 3 is 2.62 bits per heavy atom. The van der Waals surface area contributed by atoms with Crippen LogP contribution in [0.3, 0.4) is 0 Å². The zero-order valence-electron chi connectivity index (χ0n) is 7.26. The van der Waals surface area contributed by atoms with E-state index in [1.165, 1.54) is 0 Å². The maximum atomic E-state index is 9.31. The molecule has 1 aromatic carbocycles. The van der Waals surface area contributed by atoms with E-state index >= 15 is 0 Å². The molecular weight excluding hydrogens is 186 g/mol. The molecule has 1 aliphatic carbocycles. The first-order valence-corrected chi connectivity index (χ1v) is 4.77. The molecule has 0 saturated heterocycles. The minimum Gasteiger partial charge on any atom is -0.508 e. The smallest absolute Gasteiger partial charge is 0.116 e. The van der Waals surface area contributed by atoms with E-state index < -0.39 is 0 Å². The summed E-state index contributed by atoms with van der Waals surface area (Å²) >= 11 is 6.00. The van der Waals surface area contributed by atoms with Gasteiger partial charge in [-0.05, 0) is 43.0 Å². The predicted molar refractivity (Wildman–Crippen MR) is 52.8 cm³/mol. The Hall–Kier alpha value is -0.730. The highest BCUT2D eigenvalue weighted by atomic mass is 35.5. The molecule has 1 aliphatic rings. The lowest BCUT2D eigenvalue weighted by Gasteiger charge is -2.39. The van der Waals surface area contributed by atoms with Crippen LogP contribution in [0.5, 0.6) is 5.75 Å². The van der Waals surface area contributed by atoms with Crippen molar-refractivity contribution in [1.82, 2.24) is 0 Å². The second-order valence-corrected chi connectivity index (χ2v) is 4.08. The monoisotopic (exact) mass is 197 g/mol. The summed E-state index contributed by atoms with van der Waals surface area (Å²) in [7, 11) is 0. The number of phenolic OH excluding ortho intramolecular Hbond substituents is 1. The maximum absolute atomic E-state index is 9.31. The number of rotatable bonds is 1. The van der Waals surface area contributed by atoms with Crippen molar-refractivity contribution in [2.75, 3.05) is 0 Å². The molecule has 0 amide bonds. The second-order valence-electron chi connectivity index (χ2n) is 3.67. The number of halogens is 1. The molecule has 0 spiro atoms. The van der Waals surface area contributed by atoms with E-state index in [0.29, 0.717) is 5.02 Å². The van der Waals surface area contributed by atoms with Gasteiger partial charge in [-0.25, -0.2) is 0 Å². The van der Waals surface area contributed by atoms with Gasteiger partial charge in [-0.1, -0.05) is 11.6 Å². The molecular formula is C10H12ClNO. The third-order valence-electron chi connectivity index (χ3n) is 2.73. The highest BCUT2D eigenvalue weighted by molar-refractivity contribution is 6.31. The summed E-state index contributed by atoms with van der Waals surface area (Å²) in [6.45, 7) is 0. The molecule has 3 heteroatoms. The molecule has 3 N–H and O–H groups in total. The summed E-state index contributed by atoms with van der Waals surface area (Å²) in [4.78, 5) is 0. The van der Waals surface area contributed by atoms with Gasteiger partial charge in [-0.2, -0.15) is 0 Å². The molecule has 2 nitrogen and oxygen atoms in total. The molecule has 70 valence electrons. The Bertz CT molecular complexity index is 334. The maximum Gasteiger partial charge on any atom is 0.116 e. The van der Waals surface area contributed by atoms with Gasteiger partial charge in [-0.15, -0.1) is 0 Å². The van der Waals surface area contributed by atoms with E-state index in [9.17, 15) is 5.11 Å². The third-order valence-corrected chi connectivity index (χ3v) is 3.06. The fraction of sp³-hybridized carbons (Fsp3) is 0.400. The standard InChI is InChI=1S/C10H12ClNO/c11-9-3-2-7(13)6-8(9)10(12)4-1-5-10/h2-3,6,13H,1,4-5,12H2. The molecule has 0 aromatic heterocycles. The molecule has 13 heavy (non-hydrogen) atoms. The van der Waals surface area contributed by atoms with Crippen LogP contribution in [-0.2, 0) is 5.54 Å². The van der Waals surface area contributed by atoms with Crippen molar-refractivity contribution in [2.45, 2.75) is 24.8 Å². The van der Waals surface area contributed by atoms with Crippen LogP contribution in [0.4, 0.5) is 0 Å². The molecule has 1 saturated carbocycles. The van der Waals surface area contributed by atoms with E-state index in [2.05, 4.69) is 0 Å². The molecule has 2 rings (SSSR count). The first-order chi connectivity index (χ1) is 6.12. The molecule has 1 aromatic rings. The van der Waals surface area contributed by atoms with Crippen molar-refractivity contribution in [3.8, 4) is 5.75 Å². The van der Waals surface area contributed by atoms with Crippen LogP contribution in [0.2, 0.25) is 5.02 Å². The Morgan fingerprint density at radius 1 is 1.38 bits per heavy atom. The lowest BCUT2D eigenvalue weighted by Crippen LogP contribution is -2.43. The average Bonchev–Trinajstić information content (AvgIpc) is 2.05. The number of hydrogen-bond acceptors (Lipinski definition) is 2. The van der Waals surface area contributed by atoms with Gasteiger partial charge in [0.2, 0.25) is 0 Å². The first-order valence-electron chi connectivity index (χ1n) is 4.40. The van der Waals surface area contributed by atoms with Crippen molar-refractivity contribution >= 4 is 11.6 Å². The van der Waals surface area contributed by atoms with Crippen LogP contribution < -0.4 is 5.73 Å². The predicted octanol–water partition coefficient (Wildman–Crippen LogP) is 2.38. The van der Waals surface area contributed by atoms with Crippen LogP contribution in [-0.4, -0.2) is 5.11 Å². The average molecular weight is 198 g/mol. The van der Waals surface area contributed by atoms with Crippen molar-refractivity contribution in [1.29, 1.82) is 0 Å². The van der Waals surface area contributed by atoms with Gasteiger partial charge in [0.1, 0.15) is 5.75 Å². The zero-order valence-corrected chi connectivity index (χ0v) is 8.01. The van der Waals surface area contributed by atoms with E-state index in [1.54, 1.807) is 18.2 Å². The number of nitrogens with two attached hydrogens (primary N) is 1. The summed E-state index contributed by atoms with van der Waals surface area (Å²) in [6, 6.07) is 4.94. The van der Waals surface area contributed by atoms with E-state index in [0.717, 1.165) is 24.8 Å². The fourth-order valence-corrected chi connectivity index (χ4v) is 2.03. The van der Waals surface area contributed by atoms with Gasteiger partial charge in [0.25, 0.3) is 0 Å². The number of hydrogen-bond donors (Lipinski definition) is 2. The summed E-state index contributed by atoms with van der Waals surface area (Å²) in [6.07, 6.45) is 3.05. The first kappa shape index (κ1) is 8.85. The number of aromatic hydroxyl groups is 1. The van der Waals surface area contributed by atoms with Gasteiger partial charge in [-0.3, -0.25) is 0 Å². The summed E-state index contributed by atoms with van der Waals surface area (Å²) in [5.41, 5.74) is 6.68. The summed E-state index contributed by atoms with van der Waals surface area (Å²) in [5.74, 6) is 0.233. The van der Waals surface area contributed by atoms with Crippen molar-refractivity contribution in [2.24, 2.45) is 5.73 Å². The molecule has 0 unspecified atom stereocenters. The normalized spacial score (nSPS) is 19.5. The van der Waals surface area contributed by atoms with Crippen molar-refractivity contribution in [3.63, 3.8) is 0 Å². The molecule has 0 atom stereocenters. The highest BCUT2D eigenvalue weighted by Gasteiger charge is 2.36. The SMILES string of the molecule is NC1(c2cc(O)ccc2Cl)CCC1. The lowest BCUT2D eigenvalue weighted by molar-refractivity contribution is 0.253. The largest absolute Gasteiger partial charge is 0.508 e. The van der Waals surface area contributed by atoms with Crippen LogP contribution in [0.1, 0.15) is 24.8 Å². The van der Waals surface area contributed by atoms with Gasteiger partial charge in [0.05, 0.1) is 0 Å². The van der Waals surface area contributed by atoms with Gasteiger partial charge in [0.15, 0.2) is 0 Å². The van der Waals surface area contributed by atoms with Crippen LogP contribution in [0.15, 0.2) is 18.2 Å². The lowest BCUT2D eigenvalue weighted by atomic mass is 9.73. The Kier molecular flexibility index (Phi) is 1.97. The molecule has 0 aliphatic heterocycles. The molecule has 0 bridgehead atoms. The molecule has 0 heterocycles. The van der Waals surface area contributed by atoms with E-state index in [4.69, 9.17) is 17.3 Å². The minimum absolute atomic E-state index is 0.233. The van der Waals surface area contributed by atoms with E-state index in [-0.39, 0.29) is 11.3 Å². The Morgan fingerprint density at radius 2 is 2.08 bits per heavy atom. The summed E-state index contributed by atoms with van der Waals surface area (Å²) < 4.78 is 0. The number of benzene rings is 1. The minimum atomic E-state index is -0.296. The zero-order chi connectivity index (χ0) is 9.47. The molecule has 1 fully saturated rings. The van der Waals surface area contributed by atoms with Gasteiger partial charge >= 0.3 is 0 Å². The van der Waals surface area contributed by atoms with Crippen LogP contribution in [0.25, 0.3) is 0 Å². The topological polar surface area (TPSA) is 46.2 Å².